The van der Waals surface area contributed by atoms with Crippen LogP contribution in [0.4, 0.5) is 5.69 Å². The predicted octanol–water partition coefficient (Wildman–Crippen LogP) is 3.35. The van der Waals surface area contributed by atoms with E-state index in [1.807, 2.05) is 18.3 Å². The number of benzene rings is 1. The number of H-pyrrole nitrogens is 1. The molecule has 1 aromatic carbocycles. The number of hydrogen-bond donors (Lipinski definition) is 1. The molecule has 0 saturated heterocycles. The summed E-state index contributed by atoms with van der Waals surface area (Å²) >= 11 is 0. The van der Waals surface area contributed by atoms with E-state index in [1.54, 1.807) is 16.9 Å². The fourth-order valence-electron chi connectivity index (χ4n) is 5.49. The van der Waals surface area contributed by atoms with E-state index in [9.17, 15) is 8.42 Å². The molecule has 0 unspecified atom stereocenters. The van der Waals surface area contributed by atoms with Crippen molar-refractivity contribution in [1.29, 1.82) is 0 Å². The van der Waals surface area contributed by atoms with Gasteiger partial charge in [0.2, 0.25) is 0 Å². The molecule has 2 aliphatic rings. The Labute approximate surface area is 186 Å². The Hall–Kier alpha value is -2.94. The average molecular weight is 451 g/mol. The number of nitrogens with zero attached hydrogens (tertiary/aromatic N) is 5. The van der Waals surface area contributed by atoms with Crippen LogP contribution in [0, 0.1) is 5.92 Å². The van der Waals surface area contributed by atoms with Crippen molar-refractivity contribution in [3.8, 4) is 0 Å². The molecule has 1 fully saturated rings. The van der Waals surface area contributed by atoms with Crippen LogP contribution in [0.25, 0.3) is 16.6 Å². The van der Waals surface area contributed by atoms with E-state index in [0.29, 0.717) is 16.7 Å². The van der Waals surface area contributed by atoms with Gasteiger partial charge in [0.1, 0.15) is 17.5 Å². The Morgan fingerprint density at radius 2 is 2.00 bits per heavy atom. The lowest BCUT2D eigenvalue weighted by molar-refractivity contribution is 0.325. The third kappa shape index (κ3) is 3.26. The molecule has 8 nitrogen and oxygen atoms in total. The minimum Gasteiger partial charge on any atom is -0.371 e. The zero-order valence-corrected chi connectivity index (χ0v) is 18.8. The third-order valence-corrected chi connectivity index (χ3v) is 8.29. The highest BCUT2D eigenvalue weighted by molar-refractivity contribution is 7.90. The number of hydrogen-bond acceptors (Lipinski definition) is 6. The van der Waals surface area contributed by atoms with Crippen LogP contribution < -0.4 is 4.90 Å². The van der Waals surface area contributed by atoms with Crippen molar-refractivity contribution in [2.45, 2.75) is 42.9 Å². The van der Waals surface area contributed by atoms with Gasteiger partial charge in [-0.1, -0.05) is 5.21 Å². The first-order valence-electron chi connectivity index (χ1n) is 11.2. The fourth-order valence-corrected chi connectivity index (χ4v) is 6.16. The van der Waals surface area contributed by atoms with E-state index in [0.717, 1.165) is 73.0 Å². The zero-order valence-electron chi connectivity index (χ0n) is 18.0. The number of aromatic amines is 1. The minimum absolute atomic E-state index is 0.422. The monoisotopic (exact) mass is 450 g/mol. The third-order valence-electron chi connectivity index (χ3n) is 7.18. The molecular weight excluding hydrogens is 424 g/mol. The Kier molecular flexibility index (Phi) is 4.50. The summed E-state index contributed by atoms with van der Waals surface area (Å²) in [5, 5.41) is 9.93. The summed E-state index contributed by atoms with van der Waals surface area (Å²) in [6, 6.07) is 7.64. The Morgan fingerprint density at radius 1 is 1.16 bits per heavy atom. The molecule has 0 bridgehead atoms. The predicted molar refractivity (Wildman–Crippen MR) is 123 cm³/mol. The van der Waals surface area contributed by atoms with Crippen molar-refractivity contribution in [3.05, 3.63) is 48.0 Å². The lowest BCUT2D eigenvalue weighted by Crippen LogP contribution is -2.30. The first kappa shape index (κ1) is 19.7. The zero-order chi connectivity index (χ0) is 21.9. The van der Waals surface area contributed by atoms with Crippen molar-refractivity contribution < 1.29 is 8.42 Å². The van der Waals surface area contributed by atoms with Gasteiger partial charge in [0.05, 0.1) is 10.6 Å². The Bertz CT molecular complexity index is 1420. The molecule has 1 aliphatic carbocycles. The smallest absolute Gasteiger partial charge is 0.175 e. The van der Waals surface area contributed by atoms with E-state index in [4.69, 9.17) is 0 Å². The van der Waals surface area contributed by atoms with Crippen LogP contribution in [0.3, 0.4) is 0 Å². The number of rotatable bonds is 4. The van der Waals surface area contributed by atoms with Crippen LogP contribution in [-0.4, -0.2) is 52.6 Å². The first-order chi connectivity index (χ1) is 15.5. The highest BCUT2D eigenvalue weighted by Crippen LogP contribution is 2.39. The normalized spacial score (nSPS) is 21.5. The maximum atomic E-state index is 11.9. The van der Waals surface area contributed by atoms with Gasteiger partial charge < -0.3 is 9.88 Å². The summed E-state index contributed by atoms with van der Waals surface area (Å²) in [7, 11) is -3.16. The van der Waals surface area contributed by atoms with Gasteiger partial charge in [0.15, 0.2) is 9.84 Å². The standard InChI is InChI=1S/C23H26N6O2S/c1-32(30,31)18-6-7-20-17(12-18)9-11-28(20)13-15-2-4-16(5-3-15)21-22-19-8-10-24-23(19)25-14-29(22)27-26-21/h6-8,10,12,14-16,24H,2-5,9,11,13H2,1H3. The Morgan fingerprint density at radius 3 is 2.81 bits per heavy atom. The molecule has 32 heavy (non-hydrogen) atoms. The van der Waals surface area contributed by atoms with Crippen LogP contribution in [-0.2, 0) is 16.3 Å². The molecule has 4 heterocycles. The van der Waals surface area contributed by atoms with E-state index >= 15 is 0 Å². The second kappa shape index (κ2) is 7.30. The van der Waals surface area contributed by atoms with Gasteiger partial charge in [-0.2, -0.15) is 0 Å². The molecule has 1 N–H and O–H groups in total. The summed E-state index contributed by atoms with van der Waals surface area (Å²) in [5.74, 6) is 1.06. The van der Waals surface area contributed by atoms with Crippen LogP contribution in [0.2, 0.25) is 0 Å². The number of aromatic nitrogens is 5. The highest BCUT2D eigenvalue weighted by atomic mass is 32.2. The molecule has 3 aromatic heterocycles. The van der Waals surface area contributed by atoms with Crippen molar-refractivity contribution in [2.75, 3.05) is 24.2 Å². The molecule has 4 aromatic rings. The topological polar surface area (TPSA) is 96.2 Å². The summed E-state index contributed by atoms with van der Waals surface area (Å²) in [6.45, 7) is 2.00. The largest absolute Gasteiger partial charge is 0.371 e. The second-order valence-electron chi connectivity index (χ2n) is 9.23. The van der Waals surface area contributed by atoms with Crippen molar-refractivity contribution >= 4 is 32.1 Å². The SMILES string of the molecule is CS(=O)(=O)c1ccc2c(c1)CCN2CC1CCC(c2nnn3cnc4[nH]ccc4c23)CC1. The summed E-state index contributed by atoms with van der Waals surface area (Å²) in [5.41, 5.74) is 5.40. The number of anilines is 1. The van der Waals surface area contributed by atoms with Gasteiger partial charge >= 0.3 is 0 Å². The van der Waals surface area contributed by atoms with Gasteiger partial charge in [-0.3, -0.25) is 0 Å². The summed E-state index contributed by atoms with van der Waals surface area (Å²) in [4.78, 5) is 10.4. The van der Waals surface area contributed by atoms with Crippen molar-refractivity contribution in [1.82, 2.24) is 24.8 Å². The molecule has 1 saturated carbocycles. The molecule has 0 spiro atoms. The van der Waals surface area contributed by atoms with E-state index in [2.05, 4.69) is 31.2 Å². The first-order valence-corrected chi connectivity index (χ1v) is 13.1. The molecule has 1 aliphatic heterocycles. The fraction of sp³-hybridized carbons (Fsp3) is 0.435. The second-order valence-corrected chi connectivity index (χ2v) is 11.2. The summed E-state index contributed by atoms with van der Waals surface area (Å²) < 4.78 is 25.5. The molecule has 0 radical (unpaired) electrons. The molecular formula is C23H26N6O2S. The maximum Gasteiger partial charge on any atom is 0.175 e. The molecule has 166 valence electrons. The summed E-state index contributed by atoms with van der Waals surface area (Å²) in [6.07, 6.45) is 10.4. The Balaban J connectivity index is 1.16. The number of sulfone groups is 1. The van der Waals surface area contributed by atoms with E-state index in [-0.39, 0.29) is 0 Å². The van der Waals surface area contributed by atoms with Gasteiger partial charge in [0.25, 0.3) is 0 Å². The van der Waals surface area contributed by atoms with E-state index in [1.165, 1.54) is 11.9 Å². The molecule has 9 heteroatoms. The van der Waals surface area contributed by atoms with Crippen LogP contribution >= 0.6 is 0 Å². The highest BCUT2D eigenvalue weighted by Gasteiger charge is 2.29. The van der Waals surface area contributed by atoms with Crippen molar-refractivity contribution in [2.24, 2.45) is 5.92 Å². The van der Waals surface area contributed by atoms with Gasteiger partial charge in [0, 0.05) is 42.5 Å². The van der Waals surface area contributed by atoms with Crippen LogP contribution in [0.15, 0.2) is 41.7 Å². The lowest BCUT2D eigenvalue weighted by atomic mass is 9.80. The van der Waals surface area contributed by atoms with Gasteiger partial charge in [-0.25, -0.2) is 17.9 Å². The number of nitrogens with one attached hydrogen (secondary N) is 1. The van der Waals surface area contributed by atoms with Gasteiger partial charge in [-0.05, 0) is 67.9 Å². The minimum atomic E-state index is -3.16. The van der Waals surface area contributed by atoms with Crippen molar-refractivity contribution in [3.63, 3.8) is 0 Å². The lowest BCUT2D eigenvalue weighted by Gasteiger charge is -2.31. The van der Waals surface area contributed by atoms with E-state index < -0.39 is 9.84 Å². The molecule has 0 atom stereocenters. The maximum absolute atomic E-state index is 11.9. The average Bonchev–Trinajstić information content (AvgIpc) is 3.51. The van der Waals surface area contributed by atoms with Gasteiger partial charge in [-0.15, -0.1) is 5.10 Å². The van der Waals surface area contributed by atoms with Crippen LogP contribution in [0.5, 0.6) is 0 Å². The molecule has 0 amide bonds. The number of fused-ring (bicyclic) bond motifs is 4. The molecule has 6 rings (SSSR count). The quantitative estimate of drug-likeness (QED) is 0.512. The van der Waals surface area contributed by atoms with Crippen LogP contribution in [0.1, 0.15) is 42.9 Å².